The van der Waals surface area contributed by atoms with Crippen molar-refractivity contribution in [2.24, 2.45) is 5.92 Å². The van der Waals surface area contributed by atoms with Gasteiger partial charge >= 0.3 is 0 Å². The Kier molecular flexibility index (Phi) is 4.78. The van der Waals surface area contributed by atoms with Gasteiger partial charge in [0.1, 0.15) is 5.82 Å². The molecule has 1 atom stereocenters. The van der Waals surface area contributed by atoms with Gasteiger partial charge in [-0.2, -0.15) is 5.26 Å². The standard InChI is InChI=1S/C13H19N3/c1-4-12(5-2)10(3)16-13-8-11(9-14)6-7-15-13/h6-8,10,12H,4-5H2,1-3H3,(H,15,16). The number of nitrogens with one attached hydrogen (secondary N) is 1. The lowest BCUT2D eigenvalue weighted by Crippen LogP contribution is -2.25. The number of anilines is 1. The van der Waals surface area contributed by atoms with Gasteiger partial charge in [0.25, 0.3) is 0 Å². The summed E-state index contributed by atoms with van der Waals surface area (Å²) in [5.41, 5.74) is 0.647. The van der Waals surface area contributed by atoms with E-state index in [0.29, 0.717) is 17.5 Å². The SMILES string of the molecule is CCC(CC)C(C)Nc1cc(C#N)ccn1. The molecule has 1 N–H and O–H groups in total. The van der Waals surface area contributed by atoms with Crippen molar-refractivity contribution in [3.8, 4) is 6.07 Å². The third-order valence-corrected chi connectivity index (χ3v) is 3.02. The third kappa shape index (κ3) is 3.23. The first-order valence-electron chi connectivity index (χ1n) is 5.83. The Bertz CT molecular complexity index is 364. The zero-order chi connectivity index (χ0) is 12.0. The van der Waals surface area contributed by atoms with Gasteiger partial charge in [-0.25, -0.2) is 4.98 Å². The van der Waals surface area contributed by atoms with Crippen LogP contribution in [0.2, 0.25) is 0 Å². The van der Waals surface area contributed by atoms with Crippen LogP contribution in [0, 0.1) is 17.2 Å². The molecule has 0 aliphatic rings. The van der Waals surface area contributed by atoms with Gasteiger partial charge in [-0.15, -0.1) is 0 Å². The van der Waals surface area contributed by atoms with Crippen LogP contribution in [0.4, 0.5) is 5.82 Å². The molecule has 0 spiro atoms. The van der Waals surface area contributed by atoms with Gasteiger partial charge in [0.05, 0.1) is 11.6 Å². The van der Waals surface area contributed by atoms with Gasteiger partial charge in [0.15, 0.2) is 0 Å². The van der Waals surface area contributed by atoms with Crippen molar-refractivity contribution in [1.82, 2.24) is 4.98 Å². The molecular weight excluding hydrogens is 198 g/mol. The number of hydrogen-bond acceptors (Lipinski definition) is 3. The van der Waals surface area contributed by atoms with Gasteiger partial charge in [-0.3, -0.25) is 0 Å². The molecule has 1 unspecified atom stereocenters. The third-order valence-electron chi connectivity index (χ3n) is 3.02. The van der Waals surface area contributed by atoms with E-state index < -0.39 is 0 Å². The van der Waals surface area contributed by atoms with Crippen LogP contribution in [0.5, 0.6) is 0 Å². The van der Waals surface area contributed by atoms with Crippen molar-refractivity contribution in [3.63, 3.8) is 0 Å². The van der Waals surface area contributed by atoms with E-state index in [0.717, 1.165) is 18.7 Å². The molecule has 0 saturated heterocycles. The molecule has 86 valence electrons. The van der Waals surface area contributed by atoms with Crippen molar-refractivity contribution in [2.75, 3.05) is 5.32 Å². The Morgan fingerprint density at radius 2 is 2.12 bits per heavy atom. The van der Waals surface area contributed by atoms with Crippen molar-refractivity contribution in [2.45, 2.75) is 39.7 Å². The average molecular weight is 217 g/mol. The molecule has 0 bridgehead atoms. The highest BCUT2D eigenvalue weighted by Gasteiger charge is 2.13. The first-order chi connectivity index (χ1) is 7.71. The molecule has 0 amide bonds. The fraction of sp³-hybridized carbons (Fsp3) is 0.538. The molecule has 1 rings (SSSR count). The number of rotatable bonds is 5. The Hall–Kier alpha value is -1.56. The predicted octanol–water partition coefficient (Wildman–Crippen LogP) is 3.19. The molecule has 1 aromatic heterocycles. The molecule has 0 saturated carbocycles. The normalized spacial score (nSPS) is 12.2. The van der Waals surface area contributed by atoms with E-state index in [1.165, 1.54) is 0 Å². The van der Waals surface area contributed by atoms with E-state index in [1.54, 1.807) is 18.3 Å². The lowest BCUT2D eigenvalue weighted by molar-refractivity contribution is 0.437. The van der Waals surface area contributed by atoms with E-state index in [-0.39, 0.29) is 0 Å². The van der Waals surface area contributed by atoms with Crippen LogP contribution in [0.3, 0.4) is 0 Å². The minimum Gasteiger partial charge on any atom is -0.367 e. The fourth-order valence-electron chi connectivity index (χ4n) is 1.93. The van der Waals surface area contributed by atoms with Crippen LogP contribution >= 0.6 is 0 Å². The maximum atomic E-state index is 8.79. The smallest absolute Gasteiger partial charge is 0.127 e. The minimum absolute atomic E-state index is 0.386. The maximum Gasteiger partial charge on any atom is 0.127 e. The highest BCUT2D eigenvalue weighted by atomic mass is 15.0. The second-order valence-corrected chi connectivity index (χ2v) is 4.05. The van der Waals surface area contributed by atoms with Crippen LogP contribution < -0.4 is 5.32 Å². The molecule has 16 heavy (non-hydrogen) atoms. The molecular formula is C13H19N3. The summed E-state index contributed by atoms with van der Waals surface area (Å²) in [6.45, 7) is 6.56. The van der Waals surface area contributed by atoms with Crippen molar-refractivity contribution >= 4 is 5.82 Å². The quantitative estimate of drug-likeness (QED) is 0.824. The molecule has 1 aromatic rings. The van der Waals surface area contributed by atoms with Crippen LogP contribution in [0.15, 0.2) is 18.3 Å². The van der Waals surface area contributed by atoms with Gasteiger partial charge in [0, 0.05) is 12.2 Å². The lowest BCUT2D eigenvalue weighted by atomic mass is 9.95. The Labute approximate surface area is 97.5 Å². The van der Waals surface area contributed by atoms with Crippen LogP contribution in [0.1, 0.15) is 39.2 Å². The molecule has 1 heterocycles. The molecule has 3 nitrogen and oxygen atoms in total. The minimum atomic E-state index is 0.386. The molecule has 3 heteroatoms. The van der Waals surface area contributed by atoms with Crippen LogP contribution in [0.25, 0.3) is 0 Å². The number of hydrogen-bond donors (Lipinski definition) is 1. The van der Waals surface area contributed by atoms with Crippen molar-refractivity contribution in [3.05, 3.63) is 23.9 Å². The van der Waals surface area contributed by atoms with E-state index in [2.05, 4.69) is 37.1 Å². The van der Waals surface area contributed by atoms with Gasteiger partial charge < -0.3 is 5.32 Å². The maximum absolute atomic E-state index is 8.79. The Morgan fingerprint density at radius 3 is 2.69 bits per heavy atom. The van der Waals surface area contributed by atoms with Crippen LogP contribution in [-0.2, 0) is 0 Å². The highest BCUT2D eigenvalue weighted by Crippen LogP contribution is 2.17. The topological polar surface area (TPSA) is 48.7 Å². The Morgan fingerprint density at radius 1 is 1.44 bits per heavy atom. The first kappa shape index (κ1) is 12.5. The molecule has 0 fully saturated rings. The second kappa shape index (κ2) is 6.12. The second-order valence-electron chi connectivity index (χ2n) is 4.05. The number of aromatic nitrogens is 1. The van der Waals surface area contributed by atoms with Gasteiger partial charge in [0.2, 0.25) is 0 Å². The molecule has 0 radical (unpaired) electrons. The first-order valence-corrected chi connectivity index (χ1v) is 5.83. The van der Waals surface area contributed by atoms with E-state index >= 15 is 0 Å². The summed E-state index contributed by atoms with van der Waals surface area (Å²) in [5, 5.41) is 12.1. The van der Waals surface area contributed by atoms with Gasteiger partial charge in [-0.1, -0.05) is 26.7 Å². The Balaban J connectivity index is 2.69. The average Bonchev–Trinajstić information content (AvgIpc) is 2.31. The van der Waals surface area contributed by atoms with Crippen LogP contribution in [-0.4, -0.2) is 11.0 Å². The summed E-state index contributed by atoms with van der Waals surface area (Å²) in [4.78, 5) is 4.22. The number of nitrogens with zero attached hydrogens (tertiary/aromatic N) is 2. The molecule has 0 aromatic carbocycles. The zero-order valence-corrected chi connectivity index (χ0v) is 10.2. The number of pyridine rings is 1. The summed E-state index contributed by atoms with van der Waals surface area (Å²) in [6, 6.07) is 6.01. The van der Waals surface area contributed by atoms with E-state index in [4.69, 9.17) is 5.26 Å². The van der Waals surface area contributed by atoms with E-state index in [9.17, 15) is 0 Å². The molecule has 0 aliphatic carbocycles. The van der Waals surface area contributed by atoms with Gasteiger partial charge in [-0.05, 0) is 25.0 Å². The number of nitriles is 1. The highest BCUT2D eigenvalue weighted by molar-refractivity contribution is 5.42. The summed E-state index contributed by atoms with van der Waals surface area (Å²) in [5.74, 6) is 1.44. The van der Waals surface area contributed by atoms with Crippen molar-refractivity contribution in [1.29, 1.82) is 5.26 Å². The van der Waals surface area contributed by atoms with Crippen molar-refractivity contribution < 1.29 is 0 Å². The largest absolute Gasteiger partial charge is 0.367 e. The lowest BCUT2D eigenvalue weighted by Gasteiger charge is -2.22. The fourth-order valence-corrected chi connectivity index (χ4v) is 1.93. The summed E-state index contributed by atoms with van der Waals surface area (Å²) in [6.07, 6.45) is 3.98. The predicted molar refractivity (Wildman–Crippen MR) is 66.1 cm³/mol. The monoisotopic (exact) mass is 217 g/mol. The zero-order valence-electron chi connectivity index (χ0n) is 10.2. The van der Waals surface area contributed by atoms with E-state index in [1.807, 2.05) is 0 Å². The summed E-state index contributed by atoms with van der Waals surface area (Å²) < 4.78 is 0. The summed E-state index contributed by atoms with van der Waals surface area (Å²) in [7, 11) is 0. The summed E-state index contributed by atoms with van der Waals surface area (Å²) >= 11 is 0. The molecule has 0 aliphatic heterocycles.